The van der Waals surface area contributed by atoms with Crippen LogP contribution < -0.4 is 5.73 Å². The molecular formula is C10H9BrN4O2. The molecule has 1 heterocycles. The fourth-order valence-electron chi connectivity index (χ4n) is 1.30. The van der Waals surface area contributed by atoms with Gasteiger partial charge in [0.1, 0.15) is 0 Å². The number of nitrogens with zero attached hydrogens (tertiary/aromatic N) is 3. The Morgan fingerprint density at radius 3 is 2.65 bits per heavy atom. The van der Waals surface area contributed by atoms with Crippen LogP contribution in [0.5, 0.6) is 0 Å². The second-order valence-electron chi connectivity index (χ2n) is 3.20. The highest BCUT2D eigenvalue weighted by Gasteiger charge is 2.18. The summed E-state index contributed by atoms with van der Waals surface area (Å²) in [5, 5.41) is 7.50. The molecule has 0 atom stereocenters. The fourth-order valence-corrected chi connectivity index (χ4v) is 1.57. The summed E-state index contributed by atoms with van der Waals surface area (Å²) in [6.07, 6.45) is 0. The highest BCUT2D eigenvalue weighted by molar-refractivity contribution is 9.10. The number of aromatic nitrogens is 3. The summed E-state index contributed by atoms with van der Waals surface area (Å²) >= 11 is 3.33. The largest absolute Gasteiger partial charge is 0.464 e. The molecule has 0 saturated heterocycles. The Balaban J connectivity index is 2.44. The molecule has 2 rings (SSSR count). The van der Waals surface area contributed by atoms with Crippen LogP contribution in [0.25, 0.3) is 5.69 Å². The maximum atomic E-state index is 11.3. The van der Waals surface area contributed by atoms with Gasteiger partial charge in [0.05, 0.1) is 12.8 Å². The van der Waals surface area contributed by atoms with E-state index >= 15 is 0 Å². The van der Waals surface area contributed by atoms with Crippen LogP contribution in [-0.4, -0.2) is 28.1 Å². The number of nitrogen functional groups attached to an aromatic ring is 1. The smallest absolute Gasteiger partial charge is 0.362 e. The second-order valence-corrected chi connectivity index (χ2v) is 4.12. The van der Waals surface area contributed by atoms with Crippen LogP contribution in [-0.2, 0) is 4.74 Å². The highest BCUT2D eigenvalue weighted by atomic mass is 79.9. The number of methoxy groups -OCH3 is 1. The molecule has 0 radical (unpaired) electrons. The third-order valence-electron chi connectivity index (χ3n) is 2.15. The maximum Gasteiger partial charge on any atom is 0.362 e. The molecule has 0 spiro atoms. The summed E-state index contributed by atoms with van der Waals surface area (Å²) in [5.74, 6) is -0.454. The molecule has 0 amide bonds. The first kappa shape index (κ1) is 11.6. The summed E-state index contributed by atoms with van der Waals surface area (Å²) in [4.78, 5) is 11.3. The van der Waals surface area contributed by atoms with Crippen LogP contribution in [0.3, 0.4) is 0 Å². The Hall–Kier alpha value is -1.89. The molecule has 0 aliphatic carbocycles. The van der Waals surface area contributed by atoms with Crippen LogP contribution in [0.15, 0.2) is 28.7 Å². The van der Waals surface area contributed by atoms with Crippen molar-refractivity contribution in [2.45, 2.75) is 0 Å². The molecule has 2 aromatic rings. The third kappa shape index (κ3) is 2.14. The van der Waals surface area contributed by atoms with E-state index in [-0.39, 0.29) is 11.5 Å². The number of rotatable bonds is 2. The van der Waals surface area contributed by atoms with E-state index in [2.05, 4.69) is 31.0 Å². The number of hydrogen-bond acceptors (Lipinski definition) is 5. The number of halogens is 1. The van der Waals surface area contributed by atoms with Crippen LogP contribution in [0.4, 0.5) is 5.82 Å². The molecule has 0 saturated carbocycles. The zero-order chi connectivity index (χ0) is 12.4. The number of nitrogens with two attached hydrogens (primary N) is 1. The van der Waals surface area contributed by atoms with Crippen molar-refractivity contribution in [2.75, 3.05) is 12.8 Å². The summed E-state index contributed by atoms with van der Waals surface area (Å²) in [6.45, 7) is 0. The minimum Gasteiger partial charge on any atom is -0.464 e. The van der Waals surface area contributed by atoms with Crippen molar-refractivity contribution in [2.24, 2.45) is 0 Å². The van der Waals surface area contributed by atoms with Crippen molar-refractivity contribution < 1.29 is 9.53 Å². The van der Waals surface area contributed by atoms with E-state index in [0.717, 1.165) is 4.47 Å². The average molecular weight is 297 g/mol. The number of esters is 1. The van der Waals surface area contributed by atoms with Gasteiger partial charge in [-0.3, -0.25) is 0 Å². The van der Waals surface area contributed by atoms with Gasteiger partial charge >= 0.3 is 5.97 Å². The lowest BCUT2D eigenvalue weighted by Crippen LogP contribution is -2.07. The lowest BCUT2D eigenvalue weighted by Gasteiger charge is -2.02. The Morgan fingerprint density at radius 2 is 2.06 bits per heavy atom. The lowest BCUT2D eigenvalue weighted by atomic mass is 10.3. The van der Waals surface area contributed by atoms with Crippen molar-refractivity contribution in [3.8, 4) is 5.69 Å². The van der Waals surface area contributed by atoms with E-state index in [0.29, 0.717) is 5.69 Å². The van der Waals surface area contributed by atoms with Gasteiger partial charge in [-0.1, -0.05) is 21.1 Å². The normalized spacial score (nSPS) is 10.2. The fraction of sp³-hybridized carbons (Fsp3) is 0.100. The van der Waals surface area contributed by atoms with Gasteiger partial charge in [0.25, 0.3) is 0 Å². The predicted molar refractivity (Wildman–Crippen MR) is 64.8 cm³/mol. The topological polar surface area (TPSA) is 83.0 Å². The van der Waals surface area contributed by atoms with Gasteiger partial charge < -0.3 is 10.5 Å². The molecule has 2 N–H and O–H groups in total. The Morgan fingerprint density at radius 1 is 1.41 bits per heavy atom. The molecule has 0 aliphatic rings. The SMILES string of the molecule is COC(=O)c1nnn(-c2ccc(Br)cc2)c1N. The van der Waals surface area contributed by atoms with Crippen molar-refractivity contribution in [1.29, 1.82) is 0 Å². The minimum absolute atomic E-state index is 0.00965. The second kappa shape index (κ2) is 4.54. The number of anilines is 1. The first-order valence-corrected chi connectivity index (χ1v) is 5.48. The predicted octanol–water partition coefficient (Wildman–Crippen LogP) is 1.40. The van der Waals surface area contributed by atoms with E-state index in [4.69, 9.17) is 5.73 Å². The van der Waals surface area contributed by atoms with Crippen LogP contribution in [0.1, 0.15) is 10.5 Å². The highest BCUT2D eigenvalue weighted by Crippen LogP contribution is 2.18. The summed E-state index contributed by atoms with van der Waals surface area (Å²) < 4.78 is 6.85. The van der Waals surface area contributed by atoms with Gasteiger partial charge in [-0.05, 0) is 24.3 Å². The summed E-state index contributed by atoms with van der Waals surface area (Å²) in [7, 11) is 1.26. The van der Waals surface area contributed by atoms with Crippen LogP contribution >= 0.6 is 15.9 Å². The average Bonchev–Trinajstić information content (AvgIpc) is 2.71. The Kier molecular flexibility index (Phi) is 3.10. The zero-order valence-electron chi connectivity index (χ0n) is 8.92. The van der Waals surface area contributed by atoms with E-state index < -0.39 is 5.97 Å². The van der Waals surface area contributed by atoms with Crippen molar-refractivity contribution in [3.63, 3.8) is 0 Å². The van der Waals surface area contributed by atoms with Crippen LogP contribution in [0.2, 0.25) is 0 Å². The summed E-state index contributed by atoms with van der Waals surface area (Å²) in [6, 6.07) is 7.29. The zero-order valence-corrected chi connectivity index (χ0v) is 10.5. The first-order chi connectivity index (χ1) is 8.13. The van der Waals surface area contributed by atoms with E-state index in [9.17, 15) is 4.79 Å². The Labute approximate surface area is 105 Å². The standard InChI is InChI=1S/C10H9BrN4O2/c1-17-10(16)8-9(12)15(14-13-8)7-4-2-6(11)3-5-7/h2-5H,12H2,1H3. The molecule has 7 heteroatoms. The molecule has 0 unspecified atom stereocenters. The monoisotopic (exact) mass is 296 g/mol. The number of carbonyl (C=O) groups is 1. The van der Waals surface area contributed by atoms with Gasteiger partial charge in [-0.25, -0.2) is 4.79 Å². The number of carbonyl (C=O) groups excluding carboxylic acids is 1. The molecule has 0 aliphatic heterocycles. The van der Waals surface area contributed by atoms with E-state index in [1.54, 1.807) is 12.1 Å². The van der Waals surface area contributed by atoms with Gasteiger partial charge in [-0.2, -0.15) is 4.68 Å². The van der Waals surface area contributed by atoms with Gasteiger partial charge in [0, 0.05) is 4.47 Å². The lowest BCUT2D eigenvalue weighted by molar-refractivity contribution is 0.0595. The first-order valence-electron chi connectivity index (χ1n) is 4.69. The molecule has 1 aromatic heterocycles. The summed E-state index contributed by atoms with van der Waals surface area (Å²) in [5.41, 5.74) is 6.50. The molecule has 1 aromatic carbocycles. The van der Waals surface area contributed by atoms with Crippen molar-refractivity contribution >= 4 is 27.7 Å². The van der Waals surface area contributed by atoms with E-state index in [1.165, 1.54) is 11.8 Å². The molecule has 88 valence electrons. The van der Waals surface area contributed by atoms with Gasteiger partial charge in [0.15, 0.2) is 5.82 Å². The van der Waals surface area contributed by atoms with E-state index in [1.807, 2.05) is 12.1 Å². The van der Waals surface area contributed by atoms with Crippen LogP contribution in [0, 0.1) is 0 Å². The quantitative estimate of drug-likeness (QED) is 0.847. The number of ether oxygens (including phenoxy) is 1. The molecule has 0 fully saturated rings. The van der Waals surface area contributed by atoms with Gasteiger partial charge in [0.2, 0.25) is 5.69 Å². The Bertz CT molecular complexity index is 550. The van der Waals surface area contributed by atoms with Crippen molar-refractivity contribution in [1.82, 2.24) is 15.0 Å². The maximum absolute atomic E-state index is 11.3. The third-order valence-corrected chi connectivity index (χ3v) is 2.68. The van der Waals surface area contributed by atoms with Crippen molar-refractivity contribution in [3.05, 3.63) is 34.4 Å². The molecule has 0 bridgehead atoms. The molecule has 6 nitrogen and oxygen atoms in total. The molecular weight excluding hydrogens is 288 g/mol. The number of benzene rings is 1. The molecule has 17 heavy (non-hydrogen) atoms. The minimum atomic E-state index is -0.606. The number of hydrogen-bond donors (Lipinski definition) is 1. The van der Waals surface area contributed by atoms with Gasteiger partial charge in [-0.15, -0.1) is 5.10 Å².